The van der Waals surface area contributed by atoms with Gasteiger partial charge in [0.1, 0.15) is 17.6 Å². The third kappa shape index (κ3) is 3.22. The summed E-state index contributed by atoms with van der Waals surface area (Å²) >= 11 is 1.22. The fourth-order valence-corrected chi connectivity index (χ4v) is 3.83. The van der Waals surface area contributed by atoms with Gasteiger partial charge in [0, 0.05) is 29.2 Å². The van der Waals surface area contributed by atoms with E-state index in [0.29, 0.717) is 10.7 Å². The molecule has 8 heteroatoms. The van der Waals surface area contributed by atoms with Crippen molar-refractivity contribution in [3.8, 4) is 5.75 Å². The average Bonchev–Trinajstić information content (AvgIpc) is 3.27. The maximum atomic E-state index is 13.9. The maximum absolute atomic E-state index is 13.9. The monoisotopic (exact) mass is 397 g/mol. The van der Waals surface area contributed by atoms with Gasteiger partial charge in [-0.3, -0.25) is 14.9 Å². The molecule has 2 aromatic carbocycles. The number of phenols is 1. The van der Waals surface area contributed by atoms with Gasteiger partial charge in [0.15, 0.2) is 5.13 Å². The number of hydrogen-bond acceptors (Lipinski definition) is 5. The molecule has 0 unspecified atom stereocenters. The molecule has 2 N–H and O–H groups in total. The van der Waals surface area contributed by atoms with Crippen LogP contribution in [0.1, 0.15) is 33.1 Å². The molecule has 142 valence electrons. The maximum Gasteiger partial charge on any atom is 0.255 e. The van der Waals surface area contributed by atoms with E-state index < -0.39 is 17.8 Å². The lowest BCUT2D eigenvalue weighted by atomic mass is 10.0. The van der Waals surface area contributed by atoms with Gasteiger partial charge in [0.2, 0.25) is 0 Å². The molecule has 28 heavy (non-hydrogen) atoms. The van der Waals surface area contributed by atoms with Crippen molar-refractivity contribution in [1.82, 2.24) is 9.88 Å². The highest BCUT2D eigenvalue weighted by Gasteiger charge is 2.39. The van der Waals surface area contributed by atoms with Crippen LogP contribution in [0.15, 0.2) is 48.0 Å². The number of amides is 2. The molecule has 2 heterocycles. The third-order valence-corrected chi connectivity index (χ3v) is 5.29. The standard InChI is InChI=1S/C20H16FN3O3S/c1-11-2-3-12-10-24(19(27)14(12)8-11)17(15-9-13(21)4-5-16(15)25)18(26)23-20-22-6-7-28-20/h2-9,17,25H,10H2,1H3,(H,22,23,26)/t17-/m1/s1. The molecule has 1 aliphatic heterocycles. The van der Waals surface area contributed by atoms with E-state index in [4.69, 9.17) is 0 Å². The van der Waals surface area contributed by atoms with Gasteiger partial charge in [0.05, 0.1) is 0 Å². The lowest BCUT2D eigenvalue weighted by Gasteiger charge is -2.27. The van der Waals surface area contributed by atoms with Crippen LogP contribution in [0.2, 0.25) is 0 Å². The van der Waals surface area contributed by atoms with Gasteiger partial charge in [-0.1, -0.05) is 17.7 Å². The Labute approximate surface area is 164 Å². The molecule has 4 rings (SSSR count). The molecule has 0 radical (unpaired) electrons. The number of aromatic nitrogens is 1. The summed E-state index contributed by atoms with van der Waals surface area (Å²) in [6.07, 6.45) is 1.54. The SMILES string of the molecule is Cc1ccc2c(c1)C(=O)N([C@@H](C(=O)Nc1nccs1)c1cc(F)ccc1O)C2. The first-order chi connectivity index (χ1) is 13.4. The minimum atomic E-state index is -1.21. The van der Waals surface area contributed by atoms with E-state index in [1.807, 2.05) is 19.1 Å². The highest BCUT2D eigenvalue weighted by Crippen LogP contribution is 2.36. The second kappa shape index (κ2) is 7.05. The van der Waals surface area contributed by atoms with E-state index in [9.17, 15) is 19.1 Å². The number of fused-ring (bicyclic) bond motifs is 1. The quantitative estimate of drug-likeness (QED) is 0.704. The van der Waals surface area contributed by atoms with Crippen LogP contribution in [-0.2, 0) is 11.3 Å². The highest BCUT2D eigenvalue weighted by molar-refractivity contribution is 7.13. The molecular weight excluding hydrogens is 381 g/mol. The zero-order valence-electron chi connectivity index (χ0n) is 14.8. The smallest absolute Gasteiger partial charge is 0.255 e. The number of thiazole rings is 1. The number of halogens is 1. The van der Waals surface area contributed by atoms with Gasteiger partial charge < -0.3 is 10.0 Å². The normalized spacial score (nSPS) is 14.1. The van der Waals surface area contributed by atoms with Crippen LogP contribution in [0.5, 0.6) is 5.75 Å². The molecule has 1 aliphatic rings. The number of carbonyl (C=O) groups is 2. The third-order valence-electron chi connectivity index (χ3n) is 4.60. The van der Waals surface area contributed by atoms with Crippen molar-refractivity contribution in [1.29, 1.82) is 0 Å². The van der Waals surface area contributed by atoms with Crippen molar-refractivity contribution >= 4 is 28.3 Å². The molecule has 1 aromatic heterocycles. The first-order valence-corrected chi connectivity index (χ1v) is 9.41. The summed E-state index contributed by atoms with van der Waals surface area (Å²) in [5.41, 5.74) is 2.22. The Morgan fingerprint density at radius 2 is 2.14 bits per heavy atom. The number of nitrogens with one attached hydrogen (secondary N) is 1. The average molecular weight is 397 g/mol. The lowest BCUT2D eigenvalue weighted by molar-refractivity contribution is -0.120. The van der Waals surface area contributed by atoms with Crippen LogP contribution in [0.3, 0.4) is 0 Å². The summed E-state index contributed by atoms with van der Waals surface area (Å²) in [7, 11) is 0. The molecule has 0 fully saturated rings. The fourth-order valence-electron chi connectivity index (χ4n) is 3.30. The second-order valence-electron chi connectivity index (χ2n) is 6.53. The number of aromatic hydroxyl groups is 1. The van der Waals surface area contributed by atoms with Gasteiger partial charge in [-0.15, -0.1) is 11.3 Å². The van der Waals surface area contributed by atoms with Crippen LogP contribution in [-0.4, -0.2) is 26.8 Å². The van der Waals surface area contributed by atoms with Gasteiger partial charge in [0.25, 0.3) is 11.8 Å². The summed E-state index contributed by atoms with van der Waals surface area (Å²) in [5, 5.41) is 15.0. The molecule has 0 aliphatic carbocycles. The predicted molar refractivity (Wildman–Crippen MR) is 103 cm³/mol. The van der Waals surface area contributed by atoms with Crippen molar-refractivity contribution in [2.75, 3.05) is 5.32 Å². The van der Waals surface area contributed by atoms with E-state index in [1.165, 1.54) is 28.5 Å². The number of rotatable bonds is 4. The van der Waals surface area contributed by atoms with E-state index in [2.05, 4.69) is 10.3 Å². The van der Waals surface area contributed by atoms with Gasteiger partial charge in [-0.2, -0.15) is 0 Å². The number of carbonyl (C=O) groups excluding carboxylic acids is 2. The zero-order chi connectivity index (χ0) is 19.8. The van der Waals surface area contributed by atoms with Crippen molar-refractivity contribution in [2.45, 2.75) is 19.5 Å². The largest absolute Gasteiger partial charge is 0.508 e. The molecule has 2 amide bonds. The Morgan fingerprint density at radius 3 is 2.89 bits per heavy atom. The number of anilines is 1. The van der Waals surface area contributed by atoms with Crippen molar-refractivity contribution in [2.24, 2.45) is 0 Å². The van der Waals surface area contributed by atoms with Gasteiger partial charge in [-0.25, -0.2) is 9.37 Å². The topological polar surface area (TPSA) is 82.5 Å². The molecule has 3 aromatic rings. The minimum Gasteiger partial charge on any atom is -0.508 e. The highest BCUT2D eigenvalue weighted by atomic mass is 32.1. The predicted octanol–water partition coefficient (Wildman–Crippen LogP) is 3.63. The van der Waals surface area contributed by atoms with Crippen LogP contribution in [0, 0.1) is 12.7 Å². The lowest BCUT2D eigenvalue weighted by Crippen LogP contribution is -2.37. The zero-order valence-corrected chi connectivity index (χ0v) is 15.7. The van der Waals surface area contributed by atoms with Crippen molar-refractivity contribution in [3.05, 3.63) is 76.0 Å². The minimum absolute atomic E-state index is 0.0203. The molecule has 6 nitrogen and oxygen atoms in total. The Kier molecular flexibility index (Phi) is 4.56. The van der Waals surface area contributed by atoms with Crippen molar-refractivity contribution in [3.63, 3.8) is 0 Å². The number of benzene rings is 2. The summed E-state index contributed by atoms with van der Waals surface area (Å²) in [5.74, 6) is -1.80. The van der Waals surface area contributed by atoms with Crippen LogP contribution >= 0.6 is 11.3 Å². The molecule has 0 spiro atoms. The molecule has 0 bridgehead atoms. The number of hydrogen-bond donors (Lipinski definition) is 2. The van der Waals surface area contributed by atoms with Crippen LogP contribution in [0.4, 0.5) is 9.52 Å². The molecular formula is C20H16FN3O3S. The molecule has 0 saturated heterocycles. The van der Waals surface area contributed by atoms with Crippen LogP contribution in [0.25, 0.3) is 0 Å². The van der Waals surface area contributed by atoms with Gasteiger partial charge >= 0.3 is 0 Å². The number of aryl methyl sites for hydroxylation is 1. The Morgan fingerprint density at radius 1 is 1.32 bits per heavy atom. The summed E-state index contributed by atoms with van der Waals surface area (Å²) < 4.78 is 13.9. The van der Waals surface area contributed by atoms with E-state index in [-0.39, 0.29) is 23.8 Å². The first-order valence-electron chi connectivity index (χ1n) is 8.53. The summed E-state index contributed by atoms with van der Waals surface area (Å²) in [6.45, 7) is 2.06. The number of nitrogens with zero attached hydrogens (tertiary/aromatic N) is 2. The molecule has 1 atom stereocenters. The van der Waals surface area contributed by atoms with Crippen LogP contribution < -0.4 is 5.32 Å². The van der Waals surface area contributed by atoms with E-state index >= 15 is 0 Å². The Hall–Kier alpha value is -3.26. The summed E-state index contributed by atoms with van der Waals surface area (Å²) in [6, 6.07) is 7.62. The number of phenolic OH excluding ortho intramolecular Hbond substituents is 1. The summed E-state index contributed by atoms with van der Waals surface area (Å²) in [4.78, 5) is 31.4. The fraction of sp³-hybridized carbons (Fsp3) is 0.150. The van der Waals surface area contributed by atoms with Gasteiger partial charge in [-0.05, 0) is 36.8 Å². The Balaban J connectivity index is 1.76. The second-order valence-corrected chi connectivity index (χ2v) is 7.42. The van der Waals surface area contributed by atoms with E-state index in [0.717, 1.165) is 23.3 Å². The molecule has 0 saturated carbocycles. The first kappa shape index (κ1) is 18.1. The van der Waals surface area contributed by atoms with Crippen molar-refractivity contribution < 1.29 is 19.1 Å². The van der Waals surface area contributed by atoms with E-state index in [1.54, 1.807) is 11.4 Å². The Bertz CT molecular complexity index is 1070.